The summed E-state index contributed by atoms with van der Waals surface area (Å²) in [6, 6.07) is 0. The summed E-state index contributed by atoms with van der Waals surface area (Å²) in [5, 5.41) is 0. The van der Waals surface area contributed by atoms with Gasteiger partial charge in [0.1, 0.15) is 0 Å². The molecule has 0 heteroatoms. The summed E-state index contributed by atoms with van der Waals surface area (Å²) in [6.07, 6.45) is 11.0. The van der Waals surface area contributed by atoms with Crippen molar-refractivity contribution in [2.75, 3.05) is 0 Å². The number of hydrogen-bond acceptors (Lipinski definition) is 0. The first-order chi connectivity index (χ1) is 5.70. The first kappa shape index (κ1) is 8.34. The zero-order chi connectivity index (χ0) is 8.60. The Morgan fingerprint density at radius 2 is 2.17 bits per heavy atom. The van der Waals surface area contributed by atoms with Gasteiger partial charge in [-0.2, -0.15) is 0 Å². The van der Waals surface area contributed by atoms with E-state index >= 15 is 0 Å². The highest BCUT2D eigenvalue weighted by Gasteiger charge is 2.35. The molecule has 0 aromatic carbocycles. The lowest BCUT2D eigenvalue weighted by molar-refractivity contribution is 0.182. The lowest BCUT2D eigenvalue weighted by atomic mass is 9.63. The zero-order valence-electron chi connectivity index (χ0n) is 8.40. The Labute approximate surface area is 76.1 Å². The molecule has 0 nitrogen and oxygen atoms in total. The van der Waals surface area contributed by atoms with Crippen LogP contribution in [0.2, 0.25) is 0 Å². The molecule has 0 spiro atoms. The molecular formula is C12H20. The summed E-state index contributed by atoms with van der Waals surface area (Å²) in [7, 11) is 0. The molecule has 68 valence electrons. The smallest absolute Gasteiger partial charge is 0.0152 e. The fourth-order valence-corrected chi connectivity index (χ4v) is 2.98. The van der Waals surface area contributed by atoms with Gasteiger partial charge in [-0.05, 0) is 43.4 Å². The molecular weight excluding hydrogens is 144 g/mol. The molecule has 0 aromatic rings. The van der Waals surface area contributed by atoms with Crippen LogP contribution in [0.1, 0.15) is 52.4 Å². The molecule has 2 aliphatic rings. The van der Waals surface area contributed by atoms with E-state index in [2.05, 4.69) is 19.9 Å². The highest BCUT2D eigenvalue weighted by Crippen LogP contribution is 2.47. The second-order valence-electron chi connectivity index (χ2n) is 5.10. The maximum absolute atomic E-state index is 2.52. The van der Waals surface area contributed by atoms with Crippen LogP contribution in [-0.4, -0.2) is 0 Å². The molecule has 0 saturated heterocycles. The molecule has 0 heterocycles. The van der Waals surface area contributed by atoms with Gasteiger partial charge in [-0.15, -0.1) is 0 Å². The van der Waals surface area contributed by atoms with Crippen molar-refractivity contribution in [1.82, 2.24) is 0 Å². The highest BCUT2D eigenvalue weighted by molar-refractivity contribution is 5.16. The first-order valence-corrected chi connectivity index (χ1v) is 5.39. The lowest BCUT2D eigenvalue weighted by Crippen LogP contribution is -2.30. The molecule has 1 atom stereocenters. The number of fused-ring (bicyclic) bond motifs is 1. The van der Waals surface area contributed by atoms with Gasteiger partial charge in [0.25, 0.3) is 0 Å². The molecule has 1 saturated carbocycles. The Hall–Kier alpha value is -0.260. The molecule has 0 N–H and O–H groups in total. The second kappa shape index (κ2) is 2.90. The third-order valence-electron chi connectivity index (χ3n) is 3.79. The van der Waals surface area contributed by atoms with E-state index in [1.54, 1.807) is 5.57 Å². The Balaban J connectivity index is 2.21. The van der Waals surface area contributed by atoms with Crippen molar-refractivity contribution >= 4 is 0 Å². The van der Waals surface area contributed by atoms with Crippen LogP contribution in [0, 0.1) is 11.3 Å². The number of rotatable bonds is 0. The standard InChI is InChI=1S/C12H20/c1-12(2)9-5-7-10-6-3-4-8-11(10)12/h7,11H,3-6,8-9H2,1-2H3. The fraction of sp³-hybridized carbons (Fsp3) is 0.833. The van der Waals surface area contributed by atoms with Gasteiger partial charge in [0.05, 0.1) is 0 Å². The van der Waals surface area contributed by atoms with Crippen LogP contribution in [-0.2, 0) is 0 Å². The van der Waals surface area contributed by atoms with Gasteiger partial charge in [0.15, 0.2) is 0 Å². The van der Waals surface area contributed by atoms with Crippen LogP contribution in [0.3, 0.4) is 0 Å². The predicted molar refractivity (Wildman–Crippen MR) is 53.1 cm³/mol. The summed E-state index contributed by atoms with van der Waals surface area (Å²) in [4.78, 5) is 0. The van der Waals surface area contributed by atoms with Gasteiger partial charge >= 0.3 is 0 Å². The average Bonchev–Trinajstić information content (AvgIpc) is 2.04. The van der Waals surface area contributed by atoms with Crippen molar-refractivity contribution in [3.8, 4) is 0 Å². The SMILES string of the molecule is CC1(C)CCC=C2CCCCC21. The summed E-state index contributed by atoms with van der Waals surface area (Å²) in [5.41, 5.74) is 2.39. The maximum Gasteiger partial charge on any atom is -0.0152 e. The summed E-state index contributed by atoms with van der Waals surface area (Å²) in [6.45, 7) is 4.91. The minimum atomic E-state index is 0.602. The number of hydrogen-bond donors (Lipinski definition) is 0. The molecule has 0 amide bonds. The maximum atomic E-state index is 2.52. The predicted octanol–water partition coefficient (Wildman–Crippen LogP) is 3.92. The Kier molecular flexibility index (Phi) is 2.02. The summed E-state index contributed by atoms with van der Waals surface area (Å²) >= 11 is 0. The summed E-state index contributed by atoms with van der Waals surface area (Å²) < 4.78 is 0. The van der Waals surface area contributed by atoms with E-state index in [4.69, 9.17) is 0 Å². The molecule has 2 rings (SSSR count). The van der Waals surface area contributed by atoms with Crippen molar-refractivity contribution < 1.29 is 0 Å². The van der Waals surface area contributed by atoms with Crippen molar-refractivity contribution in [3.05, 3.63) is 11.6 Å². The topological polar surface area (TPSA) is 0 Å². The molecule has 0 aromatic heterocycles. The van der Waals surface area contributed by atoms with Crippen LogP contribution in [0.15, 0.2) is 11.6 Å². The van der Waals surface area contributed by atoms with Crippen molar-refractivity contribution in [2.24, 2.45) is 11.3 Å². The van der Waals surface area contributed by atoms with Gasteiger partial charge in [0, 0.05) is 0 Å². The van der Waals surface area contributed by atoms with Gasteiger partial charge in [-0.3, -0.25) is 0 Å². The monoisotopic (exact) mass is 164 g/mol. The first-order valence-electron chi connectivity index (χ1n) is 5.39. The molecule has 12 heavy (non-hydrogen) atoms. The Morgan fingerprint density at radius 1 is 1.33 bits per heavy atom. The minimum absolute atomic E-state index is 0.602. The van der Waals surface area contributed by atoms with Crippen LogP contribution in [0.25, 0.3) is 0 Å². The van der Waals surface area contributed by atoms with Gasteiger partial charge in [-0.1, -0.05) is 31.9 Å². The number of allylic oxidation sites excluding steroid dienone is 2. The van der Waals surface area contributed by atoms with Crippen LogP contribution in [0.4, 0.5) is 0 Å². The van der Waals surface area contributed by atoms with Crippen molar-refractivity contribution in [3.63, 3.8) is 0 Å². The molecule has 0 aliphatic heterocycles. The summed E-state index contributed by atoms with van der Waals surface area (Å²) in [5.74, 6) is 0.931. The molecule has 1 unspecified atom stereocenters. The van der Waals surface area contributed by atoms with Gasteiger partial charge < -0.3 is 0 Å². The van der Waals surface area contributed by atoms with Gasteiger partial charge in [0.2, 0.25) is 0 Å². The molecule has 0 bridgehead atoms. The lowest BCUT2D eigenvalue weighted by Gasteiger charge is -2.42. The van der Waals surface area contributed by atoms with E-state index < -0.39 is 0 Å². The van der Waals surface area contributed by atoms with E-state index in [1.807, 2.05) is 0 Å². The third-order valence-corrected chi connectivity index (χ3v) is 3.79. The molecule has 0 radical (unpaired) electrons. The van der Waals surface area contributed by atoms with E-state index in [0.717, 1.165) is 5.92 Å². The van der Waals surface area contributed by atoms with E-state index in [0.29, 0.717) is 5.41 Å². The van der Waals surface area contributed by atoms with E-state index in [1.165, 1.54) is 38.5 Å². The third kappa shape index (κ3) is 1.32. The minimum Gasteiger partial charge on any atom is -0.0850 e. The average molecular weight is 164 g/mol. The molecule has 2 aliphatic carbocycles. The van der Waals surface area contributed by atoms with E-state index in [9.17, 15) is 0 Å². The Bertz CT molecular complexity index is 198. The van der Waals surface area contributed by atoms with Crippen LogP contribution >= 0.6 is 0 Å². The fourth-order valence-electron chi connectivity index (χ4n) is 2.98. The van der Waals surface area contributed by atoms with Crippen LogP contribution in [0.5, 0.6) is 0 Å². The van der Waals surface area contributed by atoms with Crippen LogP contribution < -0.4 is 0 Å². The normalized spacial score (nSPS) is 33.8. The van der Waals surface area contributed by atoms with Gasteiger partial charge in [-0.25, -0.2) is 0 Å². The largest absolute Gasteiger partial charge is 0.0850 e. The van der Waals surface area contributed by atoms with Crippen molar-refractivity contribution in [2.45, 2.75) is 52.4 Å². The Morgan fingerprint density at radius 3 is 2.92 bits per heavy atom. The molecule has 1 fully saturated rings. The second-order valence-corrected chi connectivity index (χ2v) is 5.10. The van der Waals surface area contributed by atoms with E-state index in [-0.39, 0.29) is 0 Å². The zero-order valence-corrected chi connectivity index (χ0v) is 8.40. The highest BCUT2D eigenvalue weighted by atomic mass is 14.4. The quantitative estimate of drug-likeness (QED) is 0.476. The van der Waals surface area contributed by atoms with Crippen molar-refractivity contribution in [1.29, 1.82) is 0 Å².